The number of aliphatic hydroxyl groups is 1. The molecule has 4 rings (SSSR count). The summed E-state index contributed by atoms with van der Waals surface area (Å²) in [5, 5.41) is 12.8. The van der Waals surface area contributed by atoms with Crippen molar-refractivity contribution < 1.29 is 37.0 Å². The predicted molar refractivity (Wildman–Crippen MR) is 127 cm³/mol. The van der Waals surface area contributed by atoms with Gasteiger partial charge in [-0.25, -0.2) is 9.79 Å². The summed E-state index contributed by atoms with van der Waals surface area (Å²) in [5.74, 6) is -1.18. The van der Waals surface area contributed by atoms with Gasteiger partial charge in [0.25, 0.3) is 5.91 Å². The molecule has 11 heteroatoms. The number of halogens is 3. The van der Waals surface area contributed by atoms with Gasteiger partial charge in [0.05, 0.1) is 36.2 Å². The third-order valence-corrected chi connectivity index (χ3v) is 5.46. The van der Waals surface area contributed by atoms with Crippen LogP contribution in [0.1, 0.15) is 37.5 Å². The fourth-order valence-corrected chi connectivity index (χ4v) is 3.51. The highest BCUT2D eigenvalue weighted by Gasteiger charge is 2.30. The summed E-state index contributed by atoms with van der Waals surface area (Å²) in [7, 11) is 1.25. The van der Waals surface area contributed by atoms with Crippen LogP contribution in [-0.4, -0.2) is 29.1 Å². The van der Waals surface area contributed by atoms with Crippen molar-refractivity contribution in [1.82, 2.24) is 4.98 Å². The number of aromatic nitrogens is 1. The number of amides is 1. The quantitative estimate of drug-likeness (QED) is 0.368. The Kier molecular flexibility index (Phi) is 7.07. The molecule has 1 amide bonds. The van der Waals surface area contributed by atoms with E-state index in [9.17, 15) is 27.9 Å². The lowest BCUT2D eigenvalue weighted by molar-refractivity contribution is -0.137. The average Bonchev–Trinajstić information content (AvgIpc) is 2.88. The van der Waals surface area contributed by atoms with Crippen molar-refractivity contribution in [3.8, 4) is 0 Å². The Morgan fingerprint density at radius 3 is 2.38 bits per heavy atom. The van der Waals surface area contributed by atoms with Crippen LogP contribution in [0.4, 0.5) is 24.5 Å². The van der Waals surface area contributed by atoms with Crippen LogP contribution in [0.3, 0.4) is 0 Å². The van der Waals surface area contributed by atoms with E-state index in [1.807, 2.05) is 0 Å². The molecule has 4 aromatic rings. The molecule has 0 unspecified atom stereocenters. The van der Waals surface area contributed by atoms with Gasteiger partial charge < -0.3 is 19.6 Å². The molecule has 2 heterocycles. The molecule has 0 atom stereocenters. The van der Waals surface area contributed by atoms with E-state index in [0.717, 1.165) is 24.3 Å². The van der Waals surface area contributed by atoms with E-state index in [2.05, 4.69) is 20.0 Å². The number of alkyl halides is 3. The summed E-state index contributed by atoms with van der Waals surface area (Å²) in [5.41, 5.74) is 0.834. The van der Waals surface area contributed by atoms with Crippen molar-refractivity contribution in [2.75, 3.05) is 12.4 Å². The van der Waals surface area contributed by atoms with E-state index < -0.39 is 23.6 Å². The van der Waals surface area contributed by atoms with Gasteiger partial charge in [-0.1, -0.05) is 0 Å². The lowest BCUT2D eigenvalue weighted by atomic mass is 10.1. The van der Waals surface area contributed by atoms with Crippen LogP contribution in [0.25, 0.3) is 11.0 Å². The topological polar surface area (TPSA) is 114 Å². The van der Waals surface area contributed by atoms with Gasteiger partial charge in [0.2, 0.25) is 5.55 Å². The van der Waals surface area contributed by atoms with Gasteiger partial charge in [-0.2, -0.15) is 13.2 Å². The number of benzene rings is 2. The molecule has 0 saturated carbocycles. The number of hydrogen-bond donors (Lipinski definition) is 2. The number of methoxy groups -OCH3 is 1. The minimum absolute atomic E-state index is 0.0373. The fraction of sp³-hybridized carbons (Fsp3) is 0.154. The van der Waals surface area contributed by atoms with Crippen LogP contribution in [-0.2, 0) is 17.5 Å². The largest absolute Gasteiger partial charge is 0.465 e. The molecular formula is C26H20F3N3O5. The first-order valence-corrected chi connectivity index (χ1v) is 10.9. The first-order chi connectivity index (χ1) is 17.6. The number of ether oxygens (including phenoxy) is 1. The monoisotopic (exact) mass is 511 g/mol. The van der Waals surface area contributed by atoms with Gasteiger partial charge >= 0.3 is 12.1 Å². The molecule has 0 aliphatic carbocycles. The van der Waals surface area contributed by atoms with Crippen LogP contribution in [0.5, 0.6) is 0 Å². The number of hydrogen-bond acceptors (Lipinski definition) is 7. The number of rotatable bonds is 5. The molecular weight excluding hydrogens is 491 g/mol. The summed E-state index contributed by atoms with van der Waals surface area (Å²) < 4.78 is 49.4. The second-order valence-electron chi connectivity index (χ2n) is 7.91. The zero-order valence-corrected chi connectivity index (χ0v) is 19.6. The van der Waals surface area contributed by atoms with Crippen LogP contribution in [0, 0.1) is 6.92 Å². The van der Waals surface area contributed by atoms with Gasteiger partial charge in [-0.15, -0.1) is 0 Å². The van der Waals surface area contributed by atoms with Gasteiger partial charge in [0, 0.05) is 22.8 Å². The molecule has 2 aromatic carbocycles. The summed E-state index contributed by atoms with van der Waals surface area (Å²) in [6, 6.07) is 11.5. The first kappa shape index (κ1) is 25.6. The molecule has 0 bridgehead atoms. The Balaban J connectivity index is 1.82. The van der Waals surface area contributed by atoms with E-state index in [0.29, 0.717) is 22.3 Å². The summed E-state index contributed by atoms with van der Waals surface area (Å²) >= 11 is 0. The normalized spacial score (nSPS) is 12.0. The highest BCUT2D eigenvalue weighted by molar-refractivity contribution is 6.06. The third-order valence-electron chi connectivity index (χ3n) is 5.46. The van der Waals surface area contributed by atoms with Gasteiger partial charge in [0.1, 0.15) is 5.56 Å². The molecule has 0 fully saturated rings. The number of nitrogens with one attached hydrogen (secondary N) is 1. The summed E-state index contributed by atoms with van der Waals surface area (Å²) in [4.78, 5) is 33.4. The van der Waals surface area contributed by atoms with E-state index >= 15 is 0 Å². The van der Waals surface area contributed by atoms with Crippen molar-refractivity contribution >= 4 is 34.2 Å². The van der Waals surface area contributed by atoms with E-state index in [1.165, 1.54) is 43.6 Å². The molecule has 190 valence electrons. The van der Waals surface area contributed by atoms with Crippen molar-refractivity contribution in [3.05, 3.63) is 94.3 Å². The van der Waals surface area contributed by atoms with Gasteiger partial charge in [-0.3, -0.25) is 9.78 Å². The first-order valence-electron chi connectivity index (χ1n) is 10.9. The molecule has 0 spiro atoms. The number of fused-ring (bicyclic) bond motifs is 1. The maximum absolute atomic E-state index is 13.3. The molecule has 0 saturated heterocycles. The highest BCUT2D eigenvalue weighted by Crippen LogP contribution is 2.30. The Morgan fingerprint density at radius 2 is 1.78 bits per heavy atom. The minimum Gasteiger partial charge on any atom is -0.465 e. The van der Waals surface area contributed by atoms with Crippen molar-refractivity contribution in [2.45, 2.75) is 19.7 Å². The predicted octanol–water partition coefficient (Wildman–Crippen LogP) is 4.92. The van der Waals surface area contributed by atoms with Crippen molar-refractivity contribution in [1.29, 1.82) is 0 Å². The number of carbonyl (C=O) groups is 2. The molecule has 0 radical (unpaired) electrons. The number of nitrogens with zero attached hydrogens (tertiary/aromatic N) is 2. The minimum atomic E-state index is -4.51. The molecule has 0 aliphatic heterocycles. The fourth-order valence-electron chi connectivity index (χ4n) is 3.51. The molecule has 2 aromatic heterocycles. The average molecular weight is 511 g/mol. The molecule has 0 aliphatic rings. The number of esters is 1. The Hall–Kier alpha value is -4.51. The molecule has 2 N–H and O–H groups in total. The maximum Gasteiger partial charge on any atom is 0.416 e. The van der Waals surface area contributed by atoms with E-state index in [1.54, 1.807) is 6.92 Å². The van der Waals surface area contributed by atoms with Crippen molar-refractivity contribution in [2.24, 2.45) is 4.99 Å². The van der Waals surface area contributed by atoms with Crippen LogP contribution in [0.15, 0.2) is 70.2 Å². The standard InChI is InChI=1S/C26H20F3N3O5/c1-14-22-20(16(13-33)12-30-14)11-21(23(34)31-18-7-3-15(4-8-18)25(35)36-2)24(37-22)32-19-9-5-17(6-10-19)26(27,28)29/h3-12,33H,13H2,1-2H3,(H,31,34). The maximum atomic E-state index is 13.3. The third kappa shape index (κ3) is 5.51. The van der Waals surface area contributed by atoms with Crippen LogP contribution in [0.2, 0.25) is 0 Å². The van der Waals surface area contributed by atoms with E-state index in [4.69, 9.17) is 4.42 Å². The number of carbonyl (C=O) groups excluding carboxylic acids is 2. The number of aryl methyl sites for hydroxylation is 1. The number of aliphatic hydroxyl groups excluding tert-OH is 1. The zero-order chi connectivity index (χ0) is 26.7. The lowest BCUT2D eigenvalue weighted by Crippen LogP contribution is -2.22. The lowest BCUT2D eigenvalue weighted by Gasteiger charge is -2.10. The van der Waals surface area contributed by atoms with E-state index in [-0.39, 0.29) is 34.6 Å². The number of pyridine rings is 1. The second-order valence-corrected chi connectivity index (χ2v) is 7.91. The Labute approximate surface area is 208 Å². The SMILES string of the molecule is COC(=O)c1ccc(NC(=O)c2cc3c(CO)cnc(C)c3oc2=Nc2ccc(C(F)(F)F)cc2)cc1. The Bertz CT molecular complexity index is 1540. The molecule has 8 nitrogen and oxygen atoms in total. The second kappa shape index (κ2) is 10.2. The van der Waals surface area contributed by atoms with Crippen LogP contribution >= 0.6 is 0 Å². The van der Waals surface area contributed by atoms with Gasteiger partial charge in [0.15, 0.2) is 5.58 Å². The molecule has 37 heavy (non-hydrogen) atoms. The van der Waals surface area contributed by atoms with Crippen LogP contribution < -0.4 is 10.9 Å². The van der Waals surface area contributed by atoms with Crippen molar-refractivity contribution in [3.63, 3.8) is 0 Å². The smallest absolute Gasteiger partial charge is 0.416 e. The number of anilines is 1. The summed E-state index contributed by atoms with van der Waals surface area (Å²) in [6.07, 6.45) is -3.06. The highest BCUT2D eigenvalue weighted by atomic mass is 19.4. The Morgan fingerprint density at radius 1 is 1.11 bits per heavy atom. The zero-order valence-electron chi connectivity index (χ0n) is 19.6. The van der Waals surface area contributed by atoms with Gasteiger partial charge in [-0.05, 0) is 61.5 Å². The summed E-state index contributed by atoms with van der Waals surface area (Å²) in [6.45, 7) is 1.29.